The van der Waals surface area contributed by atoms with Crippen LogP contribution in [0.25, 0.3) is 0 Å². The van der Waals surface area contributed by atoms with Crippen molar-refractivity contribution in [1.82, 2.24) is 5.32 Å². The van der Waals surface area contributed by atoms with Gasteiger partial charge in [-0.05, 0) is 43.5 Å². The summed E-state index contributed by atoms with van der Waals surface area (Å²) in [4.78, 5) is 0. The number of hydrogen-bond donors (Lipinski definition) is 1. The summed E-state index contributed by atoms with van der Waals surface area (Å²) >= 11 is 12.0. The highest BCUT2D eigenvalue weighted by Crippen LogP contribution is 2.40. The summed E-state index contributed by atoms with van der Waals surface area (Å²) in [7, 11) is 3.71. The highest BCUT2D eigenvalue weighted by molar-refractivity contribution is 6.42. The molecule has 2 rings (SSSR count). The Labute approximate surface area is 112 Å². The number of ether oxygens (including phenoxy) is 1. The molecule has 2 unspecified atom stereocenters. The molecule has 0 aliphatic heterocycles. The Kier molecular flexibility index (Phi) is 4.31. The van der Waals surface area contributed by atoms with Gasteiger partial charge in [0.25, 0.3) is 0 Å². The number of rotatable bonds is 5. The van der Waals surface area contributed by atoms with Gasteiger partial charge in [0.05, 0.1) is 22.2 Å². The third-order valence-corrected chi connectivity index (χ3v) is 4.04. The molecule has 1 aromatic rings. The minimum Gasteiger partial charge on any atom is -0.379 e. The Morgan fingerprint density at radius 2 is 2.00 bits per heavy atom. The van der Waals surface area contributed by atoms with Crippen molar-refractivity contribution in [1.29, 1.82) is 0 Å². The van der Waals surface area contributed by atoms with Crippen molar-refractivity contribution in [3.63, 3.8) is 0 Å². The van der Waals surface area contributed by atoms with Crippen molar-refractivity contribution < 1.29 is 4.74 Å². The van der Waals surface area contributed by atoms with Crippen molar-refractivity contribution >= 4 is 23.2 Å². The number of benzene rings is 1. The maximum absolute atomic E-state index is 6.06. The van der Waals surface area contributed by atoms with Crippen molar-refractivity contribution in [2.24, 2.45) is 5.92 Å². The van der Waals surface area contributed by atoms with Gasteiger partial charge >= 0.3 is 0 Å². The van der Waals surface area contributed by atoms with Crippen LogP contribution in [0.3, 0.4) is 0 Å². The molecule has 1 saturated carbocycles. The van der Waals surface area contributed by atoms with Crippen LogP contribution in [0.5, 0.6) is 0 Å². The normalized spacial score (nSPS) is 19.1. The van der Waals surface area contributed by atoms with Crippen LogP contribution in [-0.4, -0.2) is 20.3 Å². The number of nitrogens with one attached hydrogen (secondary N) is 1. The van der Waals surface area contributed by atoms with Crippen LogP contribution >= 0.6 is 23.2 Å². The topological polar surface area (TPSA) is 21.3 Å². The Morgan fingerprint density at radius 3 is 2.47 bits per heavy atom. The maximum Gasteiger partial charge on any atom is 0.0793 e. The minimum atomic E-state index is 0.169. The standard InChI is InChI=1S/C13H17Cl2NO/c1-16-12(13(17-2)8-3-4-8)9-5-6-10(14)11(15)7-9/h5-8,12-13,16H,3-4H2,1-2H3. The summed E-state index contributed by atoms with van der Waals surface area (Å²) in [6.07, 6.45) is 2.70. The quantitative estimate of drug-likeness (QED) is 0.884. The lowest BCUT2D eigenvalue weighted by Crippen LogP contribution is -2.32. The van der Waals surface area contributed by atoms with E-state index in [1.165, 1.54) is 12.8 Å². The average molecular weight is 274 g/mol. The van der Waals surface area contributed by atoms with Gasteiger partial charge < -0.3 is 10.1 Å². The first-order valence-electron chi connectivity index (χ1n) is 5.82. The molecule has 4 heteroatoms. The van der Waals surface area contributed by atoms with Gasteiger partial charge in [-0.15, -0.1) is 0 Å². The zero-order valence-electron chi connectivity index (χ0n) is 10.0. The van der Waals surface area contributed by atoms with E-state index in [-0.39, 0.29) is 12.1 Å². The zero-order valence-corrected chi connectivity index (χ0v) is 11.6. The van der Waals surface area contributed by atoms with Gasteiger partial charge in [0, 0.05) is 7.11 Å². The summed E-state index contributed by atoms with van der Waals surface area (Å²) in [5, 5.41) is 4.49. The fourth-order valence-electron chi connectivity index (χ4n) is 2.25. The first-order valence-corrected chi connectivity index (χ1v) is 6.58. The molecule has 0 aromatic heterocycles. The second-order valence-electron chi connectivity index (χ2n) is 4.48. The van der Waals surface area contributed by atoms with Crippen LogP contribution in [0.1, 0.15) is 24.4 Å². The van der Waals surface area contributed by atoms with E-state index in [1.807, 2.05) is 25.2 Å². The molecule has 17 heavy (non-hydrogen) atoms. The van der Waals surface area contributed by atoms with E-state index in [0.717, 1.165) is 5.56 Å². The molecule has 0 radical (unpaired) electrons. The van der Waals surface area contributed by atoms with E-state index < -0.39 is 0 Å². The van der Waals surface area contributed by atoms with Crippen molar-refractivity contribution in [3.05, 3.63) is 33.8 Å². The molecular formula is C13H17Cl2NO. The SMILES string of the molecule is CNC(c1ccc(Cl)c(Cl)c1)C(OC)C1CC1. The summed E-state index contributed by atoms with van der Waals surface area (Å²) in [6.45, 7) is 0. The molecule has 0 bridgehead atoms. The first-order chi connectivity index (χ1) is 8.17. The van der Waals surface area contributed by atoms with Crippen molar-refractivity contribution in [2.45, 2.75) is 25.0 Å². The smallest absolute Gasteiger partial charge is 0.0793 e. The Bertz CT molecular complexity index is 393. The lowest BCUT2D eigenvalue weighted by Gasteiger charge is -2.26. The van der Waals surface area contributed by atoms with Gasteiger partial charge in [0.15, 0.2) is 0 Å². The van der Waals surface area contributed by atoms with Crippen molar-refractivity contribution in [3.8, 4) is 0 Å². The Hall–Kier alpha value is -0.280. The molecule has 1 aromatic carbocycles. The van der Waals surface area contributed by atoms with Crippen LogP contribution in [-0.2, 0) is 4.74 Å². The third kappa shape index (κ3) is 2.94. The largest absolute Gasteiger partial charge is 0.379 e. The predicted molar refractivity (Wildman–Crippen MR) is 71.8 cm³/mol. The highest BCUT2D eigenvalue weighted by Gasteiger charge is 2.36. The lowest BCUT2D eigenvalue weighted by molar-refractivity contribution is 0.0530. The number of methoxy groups -OCH3 is 1. The highest BCUT2D eigenvalue weighted by atomic mass is 35.5. The lowest BCUT2D eigenvalue weighted by atomic mass is 9.98. The molecular weight excluding hydrogens is 257 g/mol. The van der Waals surface area contributed by atoms with Gasteiger partial charge in [0.2, 0.25) is 0 Å². The van der Waals surface area contributed by atoms with Gasteiger partial charge in [0.1, 0.15) is 0 Å². The Morgan fingerprint density at radius 1 is 1.29 bits per heavy atom. The molecule has 2 atom stereocenters. The molecule has 94 valence electrons. The van der Waals surface area contributed by atoms with E-state index in [0.29, 0.717) is 16.0 Å². The molecule has 1 fully saturated rings. The molecule has 0 heterocycles. The summed E-state index contributed by atoms with van der Waals surface area (Å²) in [5.74, 6) is 0.659. The van der Waals surface area contributed by atoms with Crippen LogP contribution in [0, 0.1) is 5.92 Å². The van der Waals surface area contributed by atoms with Crippen LogP contribution in [0.15, 0.2) is 18.2 Å². The van der Waals surface area contributed by atoms with Gasteiger partial charge in [-0.1, -0.05) is 29.3 Å². The minimum absolute atomic E-state index is 0.169. The number of hydrogen-bond acceptors (Lipinski definition) is 2. The van der Waals surface area contributed by atoms with Crippen LogP contribution in [0.4, 0.5) is 0 Å². The van der Waals surface area contributed by atoms with Crippen LogP contribution < -0.4 is 5.32 Å². The predicted octanol–water partition coefficient (Wildman–Crippen LogP) is 3.68. The molecule has 0 amide bonds. The van der Waals surface area contributed by atoms with Gasteiger partial charge in [-0.2, -0.15) is 0 Å². The second kappa shape index (κ2) is 5.57. The summed E-state index contributed by atoms with van der Waals surface area (Å²) in [6, 6.07) is 5.93. The van der Waals surface area contributed by atoms with E-state index in [4.69, 9.17) is 27.9 Å². The molecule has 1 N–H and O–H groups in total. The summed E-state index contributed by atoms with van der Waals surface area (Å²) in [5.41, 5.74) is 1.13. The first kappa shape index (κ1) is 13.2. The van der Waals surface area contributed by atoms with Gasteiger partial charge in [-0.25, -0.2) is 0 Å². The second-order valence-corrected chi connectivity index (χ2v) is 5.29. The van der Waals surface area contributed by atoms with E-state index in [1.54, 1.807) is 7.11 Å². The zero-order chi connectivity index (χ0) is 12.4. The van der Waals surface area contributed by atoms with E-state index in [9.17, 15) is 0 Å². The Balaban J connectivity index is 2.23. The molecule has 1 aliphatic carbocycles. The maximum atomic E-state index is 6.06. The van der Waals surface area contributed by atoms with E-state index >= 15 is 0 Å². The molecule has 0 spiro atoms. The fraction of sp³-hybridized carbons (Fsp3) is 0.538. The van der Waals surface area contributed by atoms with Crippen molar-refractivity contribution in [2.75, 3.05) is 14.2 Å². The fourth-order valence-corrected chi connectivity index (χ4v) is 2.56. The molecule has 1 aliphatic rings. The average Bonchev–Trinajstić information content (AvgIpc) is 3.14. The monoisotopic (exact) mass is 273 g/mol. The number of likely N-dealkylation sites (N-methyl/N-ethyl adjacent to an activating group) is 1. The molecule has 0 saturated heterocycles. The third-order valence-electron chi connectivity index (χ3n) is 3.30. The van der Waals surface area contributed by atoms with E-state index in [2.05, 4.69) is 5.32 Å². The molecule has 2 nitrogen and oxygen atoms in total. The summed E-state index contributed by atoms with van der Waals surface area (Å²) < 4.78 is 5.61. The number of halogens is 2. The van der Waals surface area contributed by atoms with Gasteiger partial charge in [-0.3, -0.25) is 0 Å². The van der Waals surface area contributed by atoms with Crippen LogP contribution in [0.2, 0.25) is 10.0 Å².